The molecule has 0 bridgehead atoms. The van der Waals surface area contributed by atoms with Gasteiger partial charge in [0.15, 0.2) is 0 Å². The first-order chi connectivity index (χ1) is 15.6. The Balaban J connectivity index is 2.03. The van der Waals surface area contributed by atoms with Gasteiger partial charge in [-0.3, -0.25) is 14.8 Å². The highest BCUT2D eigenvalue weighted by Crippen LogP contribution is 2.21. The number of rotatable bonds is 14. The highest BCUT2D eigenvalue weighted by molar-refractivity contribution is 5.94. The van der Waals surface area contributed by atoms with Crippen molar-refractivity contribution in [1.82, 2.24) is 10.8 Å². The fourth-order valence-electron chi connectivity index (χ4n) is 3.02. The van der Waals surface area contributed by atoms with Gasteiger partial charge >= 0.3 is 0 Å². The first kappa shape index (κ1) is 25.1. The number of para-hydroxylation sites is 1. The molecule has 3 N–H and O–H groups in total. The van der Waals surface area contributed by atoms with Crippen LogP contribution in [0, 0.1) is 5.92 Å². The quantitative estimate of drug-likeness (QED) is 0.136. The van der Waals surface area contributed by atoms with Crippen molar-refractivity contribution in [3.05, 3.63) is 72.8 Å². The predicted octanol–water partition coefficient (Wildman–Crippen LogP) is 3.68. The number of hydrogen-bond acceptors (Lipinski definition) is 6. The van der Waals surface area contributed by atoms with E-state index in [0.717, 1.165) is 0 Å². The molecule has 172 valence electrons. The number of carbonyl (C=O) groups is 2. The third-order valence-corrected chi connectivity index (χ3v) is 4.62. The molecule has 0 aromatic heterocycles. The largest absolute Gasteiger partial charge is 0.457 e. The van der Waals surface area contributed by atoms with E-state index in [9.17, 15) is 9.59 Å². The highest BCUT2D eigenvalue weighted by atomic mass is 16.7. The number of benzene rings is 2. The maximum atomic E-state index is 12.8. The maximum absolute atomic E-state index is 12.8. The zero-order valence-electron chi connectivity index (χ0n) is 18.2. The van der Waals surface area contributed by atoms with Gasteiger partial charge < -0.3 is 19.5 Å². The molecule has 0 aliphatic heterocycles. The van der Waals surface area contributed by atoms with E-state index in [0.29, 0.717) is 30.1 Å². The lowest BCUT2D eigenvalue weighted by atomic mass is 9.95. The molecule has 0 saturated carbocycles. The van der Waals surface area contributed by atoms with Crippen LogP contribution in [0.1, 0.15) is 30.1 Å². The van der Waals surface area contributed by atoms with Gasteiger partial charge in [0.25, 0.3) is 5.91 Å². The second-order valence-electron chi connectivity index (χ2n) is 7.02. The van der Waals surface area contributed by atoms with Gasteiger partial charge in [0.2, 0.25) is 5.91 Å². The molecule has 2 aromatic carbocycles. The molecule has 2 unspecified atom stereocenters. The molecule has 2 atom stereocenters. The van der Waals surface area contributed by atoms with Gasteiger partial charge in [-0.25, -0.2) is 5.48 Å². The Hall–Kier alpha value is -3.20. The van der Waals surface area contributed by atoms with Crippen molar-refractivity contribution >= 4 is 11.8 Å². The third-order valence-electron chi connectivity index (χ3n) is 4.62. The van der Waals surface area contributed by atoms with Crippen LogP contribution in [0.2, 0.25) is 0 Å². The lowest BCUT2D eigenvalue weighted by Crippen LogP contribution is -2.42. The smallest absolute Gasteiger partial charge is 0.251 e. The standard InChI is InChI=1S/C24H30N2O6/c1-3-8-19(24(28)26-29)15-20(16-31-17-30-4-2)25-23(27)18-11-13-22(14-12-18)32-21-9-6-5-7-10-21/h3,5-7,9-14,19-20,29H,1,4,8,15-17H2,2H3,(H,25,27)(H,26,28). The van der Waals surface area contributed by atoms with Crippen LogP contribution in [0.15, 0.2) is 67.3 Å². The van der Waals surface area contributed by atoms with Crippen molar-refractivity contribution in [1.29, 1.82) is 0 Å². The van der Waals surface area contributed by atoms with Gasteiger partial charge in [-0.1, -0.05) is 24.3 Å². The van der Waals surface area contributed by atoms with E-state index in [2.05, 4.69) is 11.9 Å². The molecular weight excluding hydrogens is 412 g/mol. The van der Waals surface area contributed by atoms with Crippen molar-refractivity contribution < 1.29 is 29.0 Å². The summed E-state index contributed by atoms with van der Waals surface area (Å²) >= 11 is 0. The molecule has 2 amide bonds. The Bertz CT molecular complexity index is 841. The topological polar surface area (TPSA) is 106 Å². The minimum atomic E-state index is -0.569. The van der Waals surface area contributed by atoms with Crippen LogP contribution in [0.4, 0.5) is 0 Å². The molecule has 0 saturated heterocycles. The minimum Gasteiger partial charge on any atom is -0.457 e. The summed E-state index contributed by atoms with van der Waals surface area (Å²) in [5, 5.41) is 11.9. The van der Waals surface area contributed by atoms with Gasteiger partial charge in [-0.05, 0) is 56.2 Å². The van der Waals surface area contributed by atoms with E-state index in [-0.39, 0.29) is 25.7 Å². The van der Waals surface area contributed by atoms with E-state index < -0.39 is 17.9 Å². The Morgan fingerprint density at radius 1 is 1.06 bits per heavy atom. The fourth-order valence-corrected chi connectivity index (χ4v) is 3.02. The Labute approximate surface area is 188 Å². The Morgan fingerprint density at radius 3 is 2.38 bits per heavy atom. The van der Waals surface area contributed by atoms with Gasteiger partial charge in [-0.2, -0.15) is 0 Å². The fraction of sp³-hybridized carbons (Fsp3) is 0.333. The molecule has 2 rings (SSSR count). The molecular formula is C24H30N2O6. The van der Waals surface area contributed by atoms with Gasteiger partial charge in [0, 0.05) is 18.1 Å². The van der Waals surface area contributed by atoms with Crippen LogP contribution in [-0.4, -0.2) is 43.1 Å². The lowest BCUT2D eigenvalue weighted by Gasteiger charge is -2.23. The van der Waals surface area contributed by atoms with Crippen LogP contribution in [-0.2, 0) is 14.3 Å². The molecule has 0 radical (unpaired) electrons. The minimum absolute atomic E-state index is 0.0761. The van der Waals surface area contributed by atoms with Crippen molar-refractivity contribution in [3.8, 4) is 11.5 Å². The van der Waals surface area contributed by atoms with Crippen molar-refractivity contribution in [2.24, 2.45) is 5.92 Å². The Kier molecular flexibility index (Phi) is 10.9. The summed E-state index contributed by atoms with van der Waals surface area (Å²) in [6.07, 6.45) is 2.19. The van der Waals surface area contributed by atoms with E-state index in [1.54, 1.807) is 35.8 Å². The maximum Gasteiger partial charge on any atom is 0.251 e. The van der Waals surface area contributed by atoms with Crippen LogP contribution >= 0.6 is 0 Å². The zero-order valence-corrected chi connectivity index (χ0v) is 18.2. The van der Waals surface area contributed by atoms with Crippen molar-refractivity contribution in [3.63, 3.8) is 0 Å². The van der Waals surface area contributed by atoms with Crippen LogP contribution < -0.4 is 15.5 Å². The van der Waals surface area contributed by atoms with Crippen LogP contribution in [0.3, 0.4) is 0 Å². The summed E-state index contributed by atoms with van der Waals surface area (Å²) in [6.45, 7) is 6.21. The van der Waals surface area contributed by atoms with E-state index >= 15 is 0 Å². The average Bonchev–Trinajstić information content (AvgIpc) is 2.82. The van der Waals surface area contributed by atoms with Gasteiger partial charge in [0.05, 0.1) is 12.6 Å². The molecule has 0 heterocycles. The number of hydroxylamine groups is 1. The zero-order chi connectivity index (χ0) is 23.2. The summed E-state index contributed by atoms with van der Waals surface area (Å²) < 4.78 is 16.4. The molecule has 32 heavy (non-hydrogen) atoms. The summed E-state index contributed by atoms with van der Waals surface area (Å²) in [4.78, 5) is 24.7. The normalized spacial score (nSPS) is 12.4. The second-order valence-corrected chi connectivity index (χ2v) is 7.02. The summed E-state index contributed by atoms with van der Waals surface area (Å²) in [5.41, 5.74) is 2.10. The van der Waals surface area contributed by atoms with Gasteiger partial charge in [0.1, 0.15) is 18.3 Å². The molecule has 8 nitrogen and oxygen atoms in total. The molecule has 0 aliphatic carbocycles. The highest BCUT2D eigenvalue weighted by Gasteiger charge is 2.24. The van der Waals surface area contributed by atoms with Crippen molar-refractivity contribution in [2.75, 3.05) is 20.0 Å². The average molecular weight is 443 g/mol. The number of carbonyl (C=O) groups excluding carboxylic acids is 2. The number of hydrogen-bond donors (Lipinski definition) is 3. The summed E-state index contributed by atoms with van der Waals surface area (Å²) in [7, 11) is 0. The number of ether oxygens (including phenoxy) is 3. The molecule has 0 spiro atoms. The third kappa shape index (κ3) is 8.50. The number of nitrogens with one attached hydrogen (secondary N) is 2. The van der Waals surface area contributed by atoms with Crippen LogP contribution in [0.25, 0.3) is 0 Å². The number of allylic oxidation sites excluding steroid dienone is 1. The van der Waals surface area contributed by atoms with E-state index in [1.165, 1.54) is 0 Å². The summed E-state index contributed by atoms with van der Waals surface area (Å²) in [6, 6.07) is 15.6. The van der Waals surface area contributed by atoms with Crippen molar-refractivity contribution in [2.45, 2.75) is 25.8 Å². The first-order valence-corrected chi connectivity index (χ1v) is 10.4. The molecule has 0 aliphatic rings. The lowest BCUT2D eigenvalue weighted by molar-refractivity contribution is -0.134. The first-order valence-electron chi connectivity index (χ1n) is 10.4. The monoisotopic (exact) mass is 442 g/mol. The summed E-state index contributed by atoms with van der Waals surface area (Å²) in [5.74, 6) is -0.124. The molecule has 2 aromatic rings. The SMILES string of the molecule is C=CCC(CC(COCOCC)NC(=O)c1ccc(Oc2ccccc2)cc1)C(=O)NO. The Morgan fingerprint density at radius 2 is 1.75 bits per heavy atom. The molecule has 8 heteroatoms. The second kappa shape index (κ2) is 14.0. The van der Waals surface area contributed by atoms with E-state index in [1.807, 2.05) is 37.3 Å². The van der Waals surface area contributed by atoms with E-state index in [4.69, 9.17) is 19.4 Å². The molecule has 0 fully saturated rings. The number of amides is 2. The van der Waals surface area contributed by atoms with Crippen LogP contribution in [0.5, 0.6) is 11.5 Å². The predicted molar refractivity (Wildman–Crippen MR) is 120 cm³/mol. The van der Waals surface area contributed by atoms with Gasteiger partial charge in [-0.15, -0.1) is 6.58 Å².